The Balaban J connectivity index is 2.30. The maximum absolute atomic E-state index is 12.4. The summed E-state index contributed by atoms with van der Waals surface area (Å²) in [5, 5.41) is 14.3. The van der Waals surface area contributed by atoms with Gasteiger partial charge in [-0.15, -0.1) is 0 Å². The zero-order valence-corrected chi connectivity index (χ0v) is 13.8. The van der Waals surface area contributed by atoms with Gasteiger partial charge in [-0.2, -0.15) is 5.26 Å². The maximum Gasteiger partial charge on any atom is 0.274 e. The van der Waals surface area contributed by atoms with Crippen molar-refractivity contribution in [3.8, 4) is 11.9 Å². The Hall–Kier alpha value is -3.60. The van der Waals surface area contributed by atoms with E-state index in [2.05, 4.69) is 15.6 Å². The Kier molecular flexibility index (Phi) is 5.53. The molecule has 0 bridgehead atoms. The summed E-state index contributed by atoms with van der Waals surface area (Å²) in [6.07, 6.45) is 0. The summed E-state index contributed by atoms with van der Waals surface area (Å²) in [5.41, 5.74) is 6.82. The molecule has 8 heteroatoms. The molecule has 1 heterocycles. The number of anilines is 2. The lowest BCUT2D eigenvalue weighted by Crippen LogP contribution is -2.19. The molecule has 0 atom stereocenters. The van der Waals surface area contributed by atoms with Crippen molar-refractivity contribution in [2.45, 2.75) is 6.92 Å². The number of pyridine rings is 1. The number of amides is 2. The summed E-state index contributed by atoms with van der Waals surface area (Å²) in [6.45, 7) is 2.01. The Morgan fingerprint density at radius 1 is 1.32 bits per heavy atom. The fourth-order valence-corrected chi connectivity index (χ4v) is 2.09. The molecule has 0 saturated heterocycles. The monoisotopic (exact) mass is 339 g/mol. The predicted molar refractivity (Wildman–Crippen MR) is 92.3 cm³/mol. The number of aromatic nitrogens is 1. The number of nitrogens with two attached hydrogens (primary N) is 1. The van der Waals surface area contributed by atoms with Crippen LogP contribution in [0, 0.1) is 11.3 Å². The van der Waals surface area contributed by atoms with Crippen LogP contribution in [0.1, 0.15) is 33.3 Å². The van der Waals surface area contributed by atoms with Gasteiger partial charge in [0, 0.05) is 18.3 Å². The van der Waals surface area contributed by atoms with Crippen LogP contribution in [0.5, 0.6) is 5.88 Å². The Morgan fingerprint density at radius 3 is 2.72 bits per heavy atom. The smallest absolute Gasteiger partial charge is 0.274 e. The third kappa shape index (κ3) is 4.03. The summed E-state index contributed by atoms with van der Waals surface area (Å²) in [5.74, 6) is -0.795. The standard InChI is InChI=1S/C17H17N5O3/c1-3-25-17-12(9-18)13(19)8-14(22-17)16(24)21-11-6-4-5-10(7-11)15(23)20-2/h4-8H,3H2,1-2H3,(H2,19,22)(H,20,23)(H,21,24). The van der Waals surface area contributed by atoms with Gasteiger partial charge in [0.2, 0.25) is 5.88 Å². The van der Waals surface area contributed by atoms with Crippen LogP contribution in [0.4, 0.5) is 11.4 Å². The van der Waals surface area contributed by atoms with Crippen molar-refractivity contribution in [1.29, 1.82) is 5.26 Å². The molecule has 8 nitrogen and oxygen atoms in total. The third-order valence-electron chi connectivity index (χ3n) is 3.25. The Morgan fingerprint density at radius 2 is 2.08 bits per heavy atom. The van der Waals surface area contributed by atoms with Gasteiger partial charge in [0.15, 0.2) is 0 Å². The number of hydrogen-bond acceptors (Lipinski definition) is 6. The van der Waals surface area contributed by atoms with Gasteiger partial charge in [-0.05, 0) is 31.2 Å². The molecule has 0 radical (unpaired) electrons. The molecule has 2 rings (SSSR count). The van der Waals surface area contributed by atoms with Gasteiger partial charge in [-0.1, -0.05) is 6.07 Å². The minimum absolute atomic E-state index is 0.00490. The number of nitrogen functional groups attached to an aromatic ring is 1. The second-order valence-electron chi connectivity index (χ2n) is 4.94. The molecule has 0 spiro atoms. The molecule has 1 aromatic carbocycles. The van der Waals surface area contributed by atoms with Crippen LogP contribution in [0.2, 0.25) is 0 Å². The van der Waals surface area contributed by atoms with Crippen LogP contribution in [0.3, 0.4) is 0 Å². The fraction of sp³-hybridized carbons (Fsp3) is 0.176. The summed E-state index contributed by atoms with van der Waals surface area (Å²) in [7, 11) is 1.52. The highest BCUT2D eigenvalue weighted by atomic mass is 16.5. The topological polar surface area (TPSA) is 130 Å². The second kappa shape index (κ2) is 7.79. The van der Waals surface area contributed by atoms with E-state index in [-0.39, 0.29) is 35.3 Å². The van der Waals surface area contributed by atoms with E-state index in [1.807, 2.05) is 6.07 Å². The van der Waals surface area contributed by atoms with E-state index in [1.54, 1.807) is 25.1 Å². The van der Waals surface area contributed by atoms with Crippen molar-refractivity contribution in [2.75, 3.05) is 24.7 Å². The normalized spacial score (nSPS) is 9.80. The van der Waals surface area contributed by atoms with Gasteiger partial charge in [-0.25, -0.2) is 4.98 Å². The van der Waals surface area contributed by atoms with Crippen molar-refractivity contribution in [3.05, 3.63) is 47.2 Å². The SMILES string of the molecule is CCOc1nc(C(=O)Nc2cccc(C(=O)NC)c2)cc(N)c1C#N. The van der Waals surface area contributed by atoms with Crippen LogP contribution < -0.4 is 21.1 Å². The van der Waals surface area contributed by atoms with Crippen molar-refractivity contribution >= 4 is 23.2 Å². The molecule has 128 valence electrons. The summed E-state index contributed by atoms with van der Waals surface area (Å²) >= 11 is 0. The second-order valence-corrected chi connectivity index (χ2v) is 4.94. The molecule has 0 aliphatic heterocycles. The number of ether oxygens (including phenoxy) is 1. The van der Waals surface area contributed by atoms with Gasteiger partial charge < -0.3 is 21.1 Å². The number of nitrogens with zero attached hydrogens (tertiary/aromatic N) is 2. The number of carbonyl (C=O) groups excluding carboxylic acids is 2. The van der Waals surface area contributed by atoms with E-state index in [4.69, 9.17) is 15.7 Å². The van der Waals surface area contributed by atoms with Crippen molar-refractivity contribution in [2.24, 2.45) is 0 Å². The van der Waals surface area contributed by atoms with E-state index in [0.717, 1.165) is 0 Å². The number of nitriles is 1. The molecular formula is C17H17N5O3. The lowest BCUT2D eigenvalue weighted by molar-refractivity contribution is 0.0961. The predicted octanol–water partition coefficient (Wildman–Crippen LogP) is 1.55. The van der Waals surface area contributed by atoms with Gasteiger partial charge in [0.05, 0.1) is 12.3 Å². The van der Waals surface area contributed by atoms with Crippen LogP contribution in [0.15, 0.2) is 30.3 Å². The van der Waals surface area contributed by atoms with E-state index in [9.17, 15) is 9.59 Å². The zero-order valence-electron chi connectivity index (χ0n) is 13.8. The minimum Gasteiger partial charge on any atom is -0.477 e. The van der Waals surface area contributed by atoms with Gasteiger partial charge in [0.25, 0.3) is 11.8 Å². The molecule has 2 amide bonds. The first-order chi connectivity index (χ1) is 12.0. The van der Waals surface area contributed by atoms with Crippen LogP contribution in [-0.2, 0) is 0 Å². The number of carbonyl (C=O) groups is 2. The van der Waals surface area contributed by atoms with Crippen molar-refractivity contribution in [1.82, 2.24) is 10.3 Å². The average Bonchev–Trinajstić information content (AvgIpc) is 2.61. The number of nitrogens with one attached hydrogen (secondary N) is 2. The lowest BCUT2D eigenvalue weighted by atomic mass is 10.1. The number of benzene rings is 1. The summed E-state index contributed by atoms with van der Waals surface area (Å²) in [6, 6.07) is 9.65. The molecule has 0 unspecified atom stereocenters. The molecule has 0 aliphatic carbocycles. The largest absolute Gasteiger partial charge is 0.477 e. The Labute approximate surface area is 144 Å². The zero-order chi connectivity index (χ0) is 18.4. The Bertz CT molecular complexity index is 858. The highest BCUT2D eigenvalue weighted by Crippen LogP contribution is 2.23. The molecule has 1 aromatic heterocycles. The van der Waals surface area contributed by atoms with Gasteiger partial charge in [0.1, 0.15) is 17.3 Å². The highest BCUT2D eigenvalue weighted by Gasteiger charge is 2.17. The molecule has 2 aromatic rings. The molecule has 4 N–H and O–H groups in total. The van der Waals surface area contributed by atoms with E-state index >= 15 is 0 Å². The number of hydrogen-bond donors (Lipinski definition) is 3. The minimum atomic E-state index is -0.536. The number of rotatable bonds is 5. The highest BCUT2D eigenvalue weighted by molar-refractivity contribution is 6.04. The average molecular weight is 339 g/mol. The maximum atomic E-state index is 12.4. The first-order valence-corrected chi connectivity index (χ1v) is 7.47. The molecular weight excluding hydrogens is 322 g/mol. The first-order valence-electron chi connectivity index (χ1n) is 7.47. The van der Waals surface area contributed by atoms with Gasteiger partial charge >= 0.3 is 0 Å². The quantitative estimate of drug-likeness (QED) is 0.757. The summed E-state index contributed by atoms with van der Waals surface area (Å²) < 4.78 is 5.27. The molecule has 0 fully saturated rings. The first kappa shape index (κ1) is 17.7. The molecule has 0 aliphatic rings. The lowest BCUT2D eigenvalue weighted by Gasteiger charge is -2.10. The molecule has 25 heavy (non-hydrogen) atoms. The van der Waals surface area contributed by atoms with Gasteiger partial charge in [-0.3, -0.25) is 9.59 Å². The van der Waals surface area contributed by atoms with Crippen molar-refractivity contribution in [3.63, 3.8) is 0 Å². The van der Waals surface area contributed by atoms with E-state index < -0.39 is 5.91 Å². The van der Waals surface area contributed by atoms with Crippen LogP contribution >= 0.6 is 0 Å². The molecule has 0 saturated carbocycles. The van der Waals surface area contributed by atoms with Crippen LogP contribution in [-0.4, -0.2) is 30.5 Å². The van der Waals surface area contributed by atoms with E-state index in [1.165, 1.54) is 19.2 Å². The van der Waals surface area contributed by atoms with Crippen molar-refractivity contribution < 1.29 is 14.3 Å². The van der Waals surface area contributed by atoms with E-state index in [0.29, 0.717) is 11.3 Å². The summed E-state index contributed by atoms with van der Waals surface area (Å²) in [4.78, 5) is 28.1. The fourth-order valence-electron chi connectivity index (χ4n) is 2.09. The third-order valence-corrected chi connectivity index (χ3v) is 3.25. The van der Waals surface area contributed by atoms with Crippen LogP contribution in [0.25, 0.3) is 0 Å².